The Hall–Kier alpha value is -2.47. The van der Waals surface area contributed by atoms with Crippen LogP contribution in [0, 0.1) is 17.3 Å². The first-order valence-corrected chi connectivity index (χ1v) is 9.80. The van der Waals surface area contributed by atoms with E-state index in [4.69, 9.17) is 9.57 Å². The molecule has 0 radical (unpaired) electrons. The highest BCUT2D eigenvalue weighted by Gasteiger charge is 2.73. The molecule has 1 saturated carbocycles. The second kappa shape index (κ2) is 5.54. The topological polar surface area (TPSA) is 85.2 Å². The number of fused-ring (bicyclic) bond motifs is 4. The smallest absolute Gasteiger partial charge is 0.354 e. The maximum Gasteiger partial charge on any atom is 0.354 e. The van der Waals surface area contributed by atoms with Crippen LogP contribution in [0.5, 0.6) is 0 Å². The van der Waals surface area contributed by atoms with E-state index >= 15 is 0 Å². The number of oxime groups is 1. The summed E-state index contributed by atoms with van der Waals surface area (Å²) in [4.78, 5) is 31.7. The van der Waals surface area contributed by atoms with Crippen molar-refractivity contribution < 1.29 is 24.3 Å². The minimum Gasteiger partial charge on any atom is -0.458 e. The molecule has 5 rings (SSSR count). The number of nitrogens with zero attached hydrogens (tertiary/aromatic N) is 1. The predicted octanol–water partition coefficient (Wildman–Crippen LogP) is 2.40. The van der Waals surface area contributed by atoms with E-state index in [1.807, 2.05) is 37.3 Å². The van der Waals surface area contributed by atoms with Crippen molar-refractivity contribution in [1.29, 1.82) is 0 Å². The normalized spacial score (nSPS) is 44.0. The number of carbonyl (C=O) groups is 2. The number of hydrogen-bond acceptors (Lipinski definition) is 6. The number of benzene rings is 1. The zero-order chi connectivity index (χ0) is 19.7. The molecule has 146 valence electrons. The Kier molecular flexibility index (Phi) is 3.48. The highest BCUT2D eigenvalue weighted by molar-refractivity contribution is 6.06. The van der Waals surface area contributed by atoms with E-state index in [1.165, 1.54) is 6.08 Å². The van der Waals surface area contributed by atoms with Crippen LogP contribution in [0.25, 0.3) is 0 Å². The molecular formula is C22H23NO5. The number of ether oxygens (including phenoxy) is 1. The van der Waals surface area contributed by atoms with Gasteiger partial charge < -0.3 is 14.7 Å². The number of ketones is 1. The number of hydrogen-bond donors (Lipinski definition) is 1. The number of aliphatic hydroxyl groups is 1. The molecule has 1 spiro atoms. The van der Waals surface area contributed by atoms with Crippen LogP contribution in [0.3, 0.4) is 0 Å². The van der Waals surface area contributed by atoms with Crippen LogP contribution in [-0.4, -0.2) is 39.9 Å². The van der Waals surface area contributed by atoms with Gasteiger partial charge in [0.15, 0.2) is 5.78 Å². The van der Waals surface area contributed by atoms with Crippen molar-refractivity contribution in [3.05, 3.63) is 48.0 Å². The molecule has 2 fully saturated rings. The van der Waals surface area contributed by atoms with Crippen molar-refractivity contribution in [2.75, 3.05) is 0 Å². The van der Waals surface area contributed by atoms with Crippen LogP contribution in [0.4, 0.5) is 0 Å². The minimum atomic E-state index is -1.34. The lowest BCUT2D eigenvalue weighted by Gasteiger charge is -2.43. The van der Waals surface area contributed by atoms with Gasteiger partial charge in [-0.15, -0.1) is 0 Å². The molecule has 28 heavy (non-hydrogen) atoms. The van der Waals surface area contributed by atoms with Crippen LogP contribution in [0.15, 0.2) is 47.6 Å². The molecular weight excluding hydrogens is 358 g/mol. The number of carbonyl (C=O) groups excluding carboxylic acids is 2. The molecule has 2 aliphatic carbocycles. The second-order valence-electron chi connectivity index (χ2n) is 8.70. The van der Waals surface area contributed by atoms with Gasteiger partial charge in [0.05, 0.1) is 11.6 Å². The fourth-order valence-electron chi connectivity index (χ4n) is 5.58. The second-order valence-corrected chi connectivity index (χ2v) is 8.70. The molecule has 0 aromatic heterocycles. The van der Waals surface area contributed by atoms with Crippen LogP contribution in [-0.2, 0) is 19.2 Å². The molecule has 6 atom stereocenters. The first-order chi connectivity index (χ1) is 13.3. The monoisotopic (exact) mass is 381 g/mol. The largest absolute Gasteiger partial charge is 0.458 e. The van der Waals surface area contributed by atoms with Gasteiger partial charge in [-0.3, -0.25) is 4.79 Å². The third kappa shape index (κ3) is 1.94. The van der Waals surface area contributed by atoms with E-state index in [9.17, 15) is 14.7 Å². The van der Waals surface area contributed by atoms with E-state index < -0.39 is 28.7 Å². The maximum absolute atomic E-state index is 13.0. The average molecular weight is 381 g/mol. The maximum atomic E-state index is 13.0. The Bertz CT molecular complexity index is 924. The summed E-state index contributed by atoms with van der Waals surface area (Å²) in [6.45, 7) is 3.66. The van der Waals surface area contributed by atoms with E-state index in [1.54, 1.807) is 13.0 Å². The Morgan fingerprint density at radius 1 is 1.18 bits per heavy atom. The standard InChI is InChI=1S/C22H23NO5/c1-13-8-9-15-18(20(2)17(24)10-11-22(13,20)26)27-19(25)21(15)12-16(23-28-21)14-6-4-3-5-7-14/h3-7,10-11,13,15,18,26H,8-9,12H2,1-2H3/t13-,15+,18+,20-,21-,22+/m0/s1. The molecule has 0 bridgehead atoms. The molecule has 1 aromatic rings. The van der Waals surface area contributed by atoms with Crippen molar-refractivity contribution in [3.8, 4) is 0 Å². The predicted molar refractivity (Wildman–Crippen MR) is 100 cm³/mol. The molecule has 4 aliphatic rings. The third-order valence-electron chi connectivity index (χ3n) is 7.46. The molecule has 1 saturated heterocycles. The zero-order valence-corrected chi connectivity index (χ0v) is 15.9. The molecule has 0 amide bonds. The van der Waals surface area contributed by atoms with Gasteiger partial charge in [0.2, 0.25) is 5.60 Å². The molecule has 6 heteroatoms. The quantitative estimate of drug-likeness (QED) is 0.755. The SMILES string of the molecule is C[C@H]1CC[C@@H]2[C@@H](OC(=O)[C@]23CC(c2ccccc2)=NO3)[C@]2(C)C(=O)C=C[C@@]12O. The summed E-state index contributed by atoms with van der Waals surface area (Å²) in [5, 5.41) is 15.6. The van der Waals surface area contributed by atoms with Crippen LogP contribution >= 0.6 is 0 Å². The molecule has 1 aromatic carbocycles. The van der Waals surface area contributed by atoms with Gasteiger partial charge >= 0.3 is 5.97 Å². The first-order valence-electron chi connectivity index (χ1n) is 9.80. The number of rotatable bonds is 1. The van der Waals surface area contributed by atoms with Gasteiger partial charge in [0.1, 0.15) is 17.1 Å². The average Bonchev–Trinajstić information content (AvgIpc) is 3.32. The van der Waals surface area contributed by atoms with Crippen LogP contribution in [0.2, 0.25) is 0 Å². The van der Waals surface area contributed by atoms with Gasteiger partial charge in [-0.25, -0.2) is 4.79 Å². The van der Waals surface area contributed by atoms with Crippen molar-refractivity contribution in [1.82, 2.24) is 0 Å². The van der Waals surface area contributed by atoms with Crippen molar-refractivity contribution in [2.24, 2.45) is 22.4 Å². The van der Waals surface area contributed by atoms with Crippen molar-refractivity contribution in [3.63, 3.8) is 0 Å². The first kappa shape index (κ1) is 17.6. The highest BCUT2D eigenvalue weighted by Crippen LogP contribution is 2.59. The van der Waals surface area contributed by atoms with Crippen molar-refractivity contribution in [2.45, 2.75) is 50.4 Å². The Balaban J connectivity index is 1.55. The van der Waals surface area contributed by atoms with Gasteiger partial charge in [-0.05, 0) is 43.4 Å². The minimum absolute atomic E-state index is 0.141. The Morgan fingerprint density at radius 2 is 1.93 bits per heavy atom. The van der Waals surface area contributed by atoms with E-state index in [0.717, 1.165) is 5.56 Å². The van der Waals surface area contributed by atoms with Gasteiger partial charge in [0, 0.05) is 6.42 Å². The fourth-order valence-corrected chi connectivity index (χ4v) is 5.58. The summed E-state index contributed by atoms with van der Waals surface area (Å²) in [5.74, 6) is -1.19. The summed E-state index contributed by atoms with van der Waals surface area (Å²) < 4.78 is 5.81. The van der Waals surface area contributed by atoms with E-state index in [-0.39, 0.29) is 17.6 Å². The molecule has 0 unspecified atom stereocenters. The van der Waals surface area contributed by atoms with Gasteiger partial charge in [0.25, 0.3) is 0 Å². The molecule has 6 nitrogen and oxygen atoms in total. The summed E-state index contributed by atoms with van der Waals surface area (Å²) in [6.07, 6.45) is 3.85. The fraction of sp³-hybridized carbons (Fsp3) is 0.500. The summed E-state index contributed by atoms with van der Waals surface area (Å²) in [5.41, 5.74) is -2.18. The molecule has 2 heterocycles. The van der Waals surface area contributed by atoms with Gasteiger partial charge in [-0.2, -0.15) is 0 Å². The summed E-state index contributed by atoms with van der Waals surface area (Å²) >= 11 is 0. The lowest BCUT2D eigenvalue weighted by atomic mass is 9.63. The highest BCUT2D eigenvalue weighted by atomic mass is 16.7. The van der Waals surface area contributed by atoms with Crippen molar-refractivity contribution >= 4 is 17.5 Å². The Labute approximate surface area is 163 Å². The summed E-state index contributed by atoms with van der Waals surface area (Å²) in [7, 11) is 0. The zero-order valence-electron chi connectivity index (χ0n) is 15.9. The number of esters is 1. The lowest BCUT2D eigenvalue weighted by Crippen LogP contribution is -2.57. The number of allylic oxidation sites excluding steroid dienone is 1. The lowest BCUT2D eigenvalue weighted by molar-refractivity contribution is -0.169. The van der Waals surface area contributed by atoms with E-state index in [2.05, 4.69) is 5.16 Å². The Morgan fingerprint density at radius 3 is 2.68 bits per heavy atom. The molecule has 2 aliphatic heterocycles. The van der Waals surface area contributed by atoms with Crippen LogP contribution in [0.1, 0.15) is 38.7 Å². The molecule has 1 N–H and O–H groups in total. The van der Waals surface area contributed by atoms with Crippen LogP contribution < -0.4 is 0 Å². The van der Waals surface area contributed by atoms with Gasteiger partial charge in [-0.1, -0.05) is 42.4 Å². The third-order valence-corrected chi connectivity index (χ3v) is 7.46. The summed E-state index contributed by atoms with van der Waals surface area (Å²) in [6, 6.07) is 9.60. The van der Waals surface area contributed by atoms with E-state index in [0.29, 0.717) is 25.0 Å².